The Morgan fingerprint density at radius 1 is 1.17 bits per heavy atom. The number of ether oxygens (including phenoxy) is 1. The summed E-state index contributed by atoms with van der Waals surface area (Å²) in [4.78, 5) is 25.2. The summed E-state index contributed by atoms with van der Waals surface area (Å²) in [6.07, 6.45) is 1.56. The lowest BCUT2D eigenvalue weighted by atomic mass is 9.88. The Bertz CT molecular complexity index is 1440. The molecule has 0 aliphatic carbocycles. The van der Waals surface area contributed by atoms with Crippen molar-refractivity contribution in [3.05, 3.63) is 65.7 Å². The number of nitrogens with zero attached hydrogens (tertiary/aromatic N) is 2. The average Bonchev–Trinajstić information content (AvgIpc) is 3.41. The lowest BCUT2D eigenvalue weighted by Gasteiger charge is -2.27. The van der Waals surface area contributed by atoms with E-state index in [9.17, 15) is 23.5 Å². The highest BCUT2D eigenvalue weighted by atomic mass is 19.3. The largest absolute Gasteiger partial charge is 0.494 e. The molecule has 1 atom stereocenters. The molecule has 11 heteroatoms. The Labute approximate surface area is 197 Å². The van der Waals surface area contributed by atoms with E-state index < -0.39 is 24.1 Å². The zero-order valence-electron chi connectivity index (χ0n) is 18.6. The Balaban J connectivity index is 1.55. The number of imide groups is 1. The summed E-state index contributed by atoms with van der Waals surface area (Å²) in [6, 6.07) is 10.5. The van der Waals surface area contributed by atoms with E-state index in [4.69, 9.17) is 4.52 Å². The number of amides is 3. The van der Waals surface area contributed by atoms with E-state index in [0.29, 0.717) is 16.7 Å². The molecule has 180 valence electrons. The topological polar surface area (TPSA) is 119 Å². The highest BCUT2D eigenvalue weighted by Gasteiger charge is 2.48. The van der Waals surface area contributed by atoms with Gasteiger partial charge in [-0.05, 0) is 43.2 Å². The Kier molecular flexibility index (Phi) is 5.19. The number of aromatic hydroxyl groups is 1. The van der Waals surface area contributed by atoms with E-state index in [1.807, 2.05) is 6.92 Å². The minimum absolute atomic E-state index is 0.114. The van der Waals surface area contributed by atoms with Gasteiger partial charge in [-0.3, -0.25) is 10.1 Å². The summed E-state index contributed by atoms with van der Waals surface area (Å²) >= 11 is 0. The van der Waals surface area contributed by atoms with Gasteiger partial charge in [0.15, 0.2) is 11.4 Å². The summed E-state index contributed by atoms with van der Waals surface area (Å²) in [7, 11) is 0. The van der Waals surface area contributed by atoms with E-state index in [-0.39, 0.29) is 23.6 Å². The first-order valence-electron chi connectivity index (χ1n) is 10.6. The standard InChI is InChI=1S/C24H20F2N4O5/c1-12-19(13(2)35-29-12)14-3-6-16(7-4-14)24(21(32)27-23(33)28-24)11-30-10-15-5-8-17(34-22(25)26)9-18(15)20(30)31/h3-10,22,31H,11H2,1-2H3,(H2,27,28,32,33)/t24-/m0/s1. The molecule has 0 unspecified atom stereocenters. The quantitative estimate of drug-likeness (QED) is 0.358. The second-order valence-electron chi connectivity index (χ2n) is 8.30. The zero-order chi connectivity index (χ0) is 24.9. The number of carbonyl (C=O) groups excluding carboxylic acids is 2. The summed E-state index contributed by atoms with van der Waals surface area (Å²) < 4.78 is 36.2. The molecule has 0 bridgehead atoms. The molecule has 1 aliphatic rings. The molecule has 3 N–H and O–H groups in total. The second kappa shape index (κ2) is 8.12. The van der Waals surface area contributed by atoms with E-state index in [1.165, 1.54) is 22.8 Å². The van der Waals surface area contributed by atoms with Gasteiger partial charge in [0.05, 0.1) is 12.2 Å². The van der Waals surface area contributed by atoms with Gasteiger partial charge >= 0.3 is 12.6 Å². The van der Waals surface area contributed by atoms with Crippen LogP contribution in [0.25, 0.3) is 21.9 Å². The molecule has 35 heavy (non-hydrogen) atoms. The van der Waals surface area contributed by atoms with Crippen molar-refractivity contribution < 1.29 is 32.7 Å². The number of alkyl halides is 2. The van der Waals surface area contributed by atoms with Gasteiger partial charge in [-0.15, -0.1) is 0 Å². The molecule has 1 aliphatic heterocycles. The van der Waals surface area contributed by atoms with Crippen molar-refractivity contribution >= 4 is 22.7 Å². The van der Waals surface area contributed by atoms with Gasteiger partial charge in [-0.1, -0.05) is 29.4 Å². The summed E-state index contributed by atoms with van der Waals surface area (Å²) in [6.45, 7) is 0.460. The highest BCUT2D eigenvalue weighted by molar-refractivity contribution is 6.07. The number of nitrogens with one attached hydrogen (secondary N) is 2. The van der Waals surface area contributed by atoms with Crippen molar-refractivity contribution in [2.24, 2.45) is 0 Å². The number of rotatable bonds is 6. The molecule has 3 amide bonds. The van der Waals surface area contributed by atoms with Crippen molar-refractivity contribution in [3.63, 3.8) is 0 Å². The van der Waals surface area contributed by atoms with E-state index >= 15 is 0 Å². The van der Waals surface area contributed by atoms with Gasteiger partial charge in [0.1, 0.15) is 11.5 Å². The first kappa shape index (κ1) is 22.4. The van der Waals surface area contributed by atoms with Gasteiger partial charge in [-0.25, -0.2) is 4.79 Å². The van der Waals surface area contributed by atoms with E-state index in [1.54, 1.807) is 37.4 Å². The van der Waals surface area contributed by atoms with Crippen LogP contribution in [0.5, 0.6) is 11.6 Å². The minimum atomic E-state index is -3.01. The number of halogens is 2. The third-order valence-electron chi connectivity index (χ3n) is 6.11. The van der Waals surface area contributed by atoms with E-state index in [2.05, 4.69) is 20.5 Å². The highest BCUT2D eigenvalue weighted by Crippen LogP contribution is 2.36. The van der Waals surface area contributed by atoms with Gasteiger partial charge in [-0.2, -0.15) is 8.78 Å². The number of aryl methyl sites for hydroxylation is 2. The van der Waals surface area contributed by atoms with Crippen LogP contribution in [0.1, 0.15) is 17.0 Å². The molecule has 2 aromatic heterocycles. The van der Waals surface area contributed by atoms with Crippen molar-refractivity contribution in [2.45, 2.75) is 32.5 Å². The monoisotopic (exact) mass is 482 g/mol. The smallest absolute Gasteiger partial charge is 0.387 e. The average molecular weight is 482 g/mol. The Hall–Kier alpha value is -4.41. The molecule has 1 fully saturated rings. The maximum absolute atomic E-state index is 13.0. The van der Waals surface area contributed by atoms with Crippen LogP contribution in [-0.2, 0) is 16.9 Å². The van der Waals surface area contributed by atoms with Crippen molar-refractivity contribution in [3.8, 4) is 22.8 Å². The van der Waals surface area contributed by atoms with Crippen molar-refractivity contribution in [1.82, 2.24) is 20.4 Å². The summed E-state index contributed by atoms with van der Waals surface area (Å²) in [5.74, 6) is -0.319. The van der Waals surface area contributed by atoms with Gasteiger partial charge in [0, 0.05) is 22.5 Å². The number of benzene rings is 2. The maximum Gasteiger partial charge on any atom is 0.387 e. The van der Waals surface area contributed by atoms with Crippen LogP contribution in [0.3, 0.4) is 0 Å². The minimum Gasteiger partial charge on any atom is -0.494 e. The van der Waals surface area contributed by atoms with Crippen LogP contribution < -0.4 is 15.4 Å². The number of aromatic nitrogens is 2. The fourth-order valence-electron chi connectivity index (χ4n) is 4.49. The van der Waals surface area contributed by atoms with Crippen LogP contribution >= 0.6 is 0 Å². The van der Waals surface area contributed by atoms with Gasteiger partial charge in [0.2, 0.25) is 0 Å². The molecule has 1 saturated heterocycles. The zero-order valence-corrected chi connectivity index (χ0v) is 18.6. The molecule has 4 aromatic rings. The van der Waals surface area contributed by atoms with Crippen molar-refractivity contribution in [2.75, 3.05) is 0 Å². The third-order valence-corrected chi connectivity index (χ3v) is 6.11. The molecule has 0 spiro atoms. The van der Waals surface area contributed by atoms with Crippen molar-refractivity contribution in [1.29, 1.82) is 0 Å². The SMILES string of the molecule is Cc1noc(C)c1-c1ccc([C@]2(Cn3cc4ccc(OC(F)F)cc4c3O)NC(=O)NC2=O)cc1. The normalized spacial score (nSPS) is 17.7. The molecule has 0 radical (unpaired) electrons. The summed E-state index contributed by atoms with van der Waals surface area (Å²) in [5, 5.41) is 20.5. The Morgan fingerprint density at radius 3 is 2.51 bits per heavy atom. The fourth-order valence-corrected chi connectivity index (χ4v) is 4.49. The number of fused-ring (bicyclic) bond motifs is 1. The molecular weight excluding hydrogens is 462 g/mol. The van der Waals surface area contributed by atoms with Gasteiger partial charge < -0.3 is 24.3 Å². The number of hydrogen-bond donors (Lipinski definition) is 3. The molecule has 3 heterocycles. The van der Waals surface area contributed by atoms with Crippen LogP contribution in [0, 0.1) is 13.8 Å². The first-order valence-corrected chi connectivity index (χ1v) is 10.6. The number of carbonyl (C=O) groups is 2. The molecular formula is C24H20F2N4O5. The number of urea groups is 1. The third kappa shape index (κ3) is 3.74. The predicted octanol–water partition coefficient (Wildman–Crippen LogP) is 3.96. The Morgan fingerprint density at radius 2 is 1.91 bits per heavy atom. The molecule has 9 nitrogen and oxygen atoms in total. The van der Waals surface area contributed by atoms with Crippen LogP contribution in [0.15, 0.2) is 53.2 Å². The predicted molar refractivity (Wildman–Crippen MR) is 120 cm³/mol. The molecule has 0 saturated carbocycles. The summed E-state index contributed by atoms with van der Waals surface area (Å²) in [5.41, 5.74) is 1.34. The van der Waals surface area contributed by atoms with Crippen LogP contribution in [0.4, 0.5) is 13.6 Å². The molecule has 5 rings (SSSR count). The number of hydrogen-bond acceptors (Lipinski definition) is 6. The van der Waals surface area contributed by atoms with E-state index in [0.717, 1.165) is 16.8 Å². The van der Waals surface area contributed by atoms with Crippen LogP contribution in [0.2, 0.25) is 0 Å². The van der Waals surface area contributed by atoms with Crippen LogP contribution in [-0.4, -0.2) is 33.4 Å². The lowest BCUT2D eigenvalue weighted by Crippen LogP contribution is -2.47. The molecule has 2 aromatic carbocycles. The fraction of sp³-hybridized carbons (Fsp3) is 0.208. The lowest BCUT2D eigenvalue weighted by molar-refractivity contribution is -0.124. The maximum atomic E-state index is 13.0. The first-order chi connectivity index (χ1) is 16.7. The second-order valence-corrected chi connectivity index (χ2v) is 8.30. The van der Waals surface area contributed by atoms with Gasteiger partial charge in [0.25, 0.3) is 5.91 Å².